The standard InChI is InChI=1S/C8H8O2S.Na.H/c1-2-7-5-3-4-6-8(7)11(9)10;;/h2-6H,1H2,(H,9,10);;. The van der Waals surface area contributed by atoms with Crippen molar-refractivity contribution in [3.05, 3.63) is 36.4 Å². The molecule has 2 nitrogen and oxygen atoms in total. The van der Waals surface area contributed by atoms with E-state index in [4.69, 9.17) is 4.55 Å². The molecule has 0 amide bonds. The predicted molar refractivity (Wildman–Crippen MR) is 52.7 cm³/mol. The van der Waals surface area contributed by atoms with Crippen LogP contribution in [0.2, 0.25) is 0 Å². The third-order valence-corrected chi connectivity index (χ3v) is 2.08. The van der Waals surface area contributed by atoms with Crippen molar-refractivity contribution in [2.24, 2.45) is 0 Å². The van der Waals surface area contributed by atoms with E-state index in [-0.39, 0.29) is 29.6 Å². The molecule has 1 aromatic rings. The summed E-state index contributed by atoms with van der Waals surface area (Å²) in [6.45, 7) is 3.53. The fraction of sp³-hybridized carbons (Fsp3) is 0. The Bertz CT molecular complexity index is 299. The number of benzene rings is 1. The van der Waals surface area contributed by atoms with Crippen LogP contribution in [0.4, 0.5) is 0 Å². The van der Waals surface area contributed by atoms with Crippen LogP contribution in [0.3, 0.4) is 0 Å². The number of hydrogen-bond acceptors (Lipinski definition) is 1. The maximum absolute atomic E-state index is 10.6. The van der Waals surface area contributed by atoms with E-state index in [2.05, 4.69) is 6.58 Å². The first kappa shape index (κ1) is 12.1. The van der Waals surface area contributed by atoms with Gasteiger partial charge < -0.3 is 4.55 Å². The Balaban J connectivity index is 0.00000121. The first-order valence-corrected chi connectivity index (χ1v) is 4.18. The van der Waals surface area contributed by atoms with E-state index in [9.17, 15) is 4.21 Å². The van der Waals surface area contributed by atoms with Gasteiger partial charge in [-0.15, -0.1) is 0 Å². The SMILES string of the molecule is C=Cc1ccccc1S(=O)O.[NaH]. The quantitative estimate of drug-likeness (QED) is 0.565. The molecule has 0 fully saturated rings. The summed E-state index contributed by atoms with van der Waals surface area (Å²) < 4.78 is 19.4. The third kappa shape index (κ3) is 2.84. The van der Waals surface area contributed by atoms with Crippen molar-refractivity contribution < 1.29 is 8.76 Å². The Hall–Kier alpha value is 0.0700. The van der Waals surface area contributed by atoms with E-state index >= 15 is 0 Å². The average molecular weight is 192 g/mol. The fourth-order valence-corrected chi connectivity index (χ4v) is 1.36. The molecular formula is C8H9NaO2S. The van der Waals surface area contributed by atoms with Crippen molar-refractivity contribution in [1.82, 2.24) is 0 Å². The monoisotopic (exact) mass is 192 g/mol. The molecule has 1 atom stereocenters. The van der Waals surface area contributed by atoms with E-state index in [0.717, 1.165) is 0 Å². The Morgan fingerprint density at radius 2 is 2.00 bits per heavy atom. The molecule has 4 heteroatoms. The van der Waals surface area contributed by atoms with Crippen LogP contribution in [0.15, 0.2) is 35.7 Å². The summed E-state index contributed by atoms with van der Waals surface area (Å²) in [6.07, 6.45) is 1.56. The van der Waals surface area contributed by atoms with Gasteiger partial charge in [0, 0.05) is 0 Å². The Morgan fingerprint density at radius 1 is 1.42 bits per heavy atom. The predicted octanol–water partition coefficient (Wildman–Crippen LogP) is 1.26. The molecule has 0 bridgehead atoms. The van der Waals surface area contributed by atoms with Crippen LogP contribution >= 0.6 is 0 Å². The van der Waals surface area contributed by atoms with Gasteiger partial charge >= 0.3 is 29.6 Å². The van der Waals surface area contributed by atoms with Gasteiger partial charge in [0.05, 0.1) is 4.90 Å². The van der Waals surface area contributed by atoms with Gasteiger partial charge in [0.25, 0.3) is 0 Å². The van der Waals surface area contributed by atoms with Gasteiger partial charge in [-0.2, -0.15) is 0 Å². The normalized spacial score (nSPS) is 11.4. The molecule has 0 heterocycles. The molecule has 1 rings (SSSR count). The van der Waals surface area contributed by atoms with Crippen LogP contribution in [-0.2, 0) is 11.1 Å². The van der Waals surface area contributed by atoms with Crippen LogP contribution in [-0.4, -0.2) is 38.3 Å². The van der Waals surface area contributed by atoms with Gasteiger partial charge in [-0.3, -0.25) is 0 Å². The summed E-state index contributed by atoms with van der Waals surface area (Å²) in [5.41, 5.74) is 0.702. The van der Waals surface area contributed by atoms with Crippen molar-refractivity contribution in [2.75, 3.05) is 0 Å². The van der Waals surface area contributed by atoms with E-state index < -0.39 is 11.1 Å². The first-order chi connectivity index (χ1) is 5.25. The second kappa shape index (κ2) is 5.67. The van der Waals surface area contributed by atoms with Crippen molar-refractivity contribution in [3.63, 3.8) is 0 Å². The first-order valence-electron chi connectivity index (χ1n) is 3.08. The number of rotatable bonds is 2. The Morgan fingerprint density at radius 3 is 2.42 bits per heavy atom. The fourth-order valence-electron chi connectivity index (χ4n) is 0.808. The minimum absolute atomic E-state index is 0. The zero-order valence-corrected chi connectivity index (χ0v) is 6.67. The molecule has 0 aliphatic carbocycles. The second-order valence-corrected chi connectivity index (χ2v) is 2.93. The molecule has 1 aromatic carbocycles. The van der Waals surface area contributed by atoms with E-state index in [1.165, 1.54) is 0 Å². The van der Waals surface area contributed by atoms with Gasteiger partial charge in [0.15, 0.2) is 11.1 Å². The van der Waals surface area contributed by atoms with Gasteiger partial charge in [-0.05, 0) is 11.6 Å². The molecule has 1 N–H and O–H groups in total. The molecule has 0 saturated heterocycles. The van der Waals surface area contributed by atoms with Crippen LogP contribution < -0.4 is 0 Å². The molecule has 60 valence electrons. The average Bonchev–Trinajstić information content (AvgIpc) is 2.04. The molecular weight excluding hydrogens is 183 g/mol. The summed E-state index contributed by atoms with van der Waals surface area (Å²) in [4.78, 5) is 0.405. The molecule has 0 aliphatic heterocycles. The second-order valence-electron chi connectivity index (χ2n) is 1.99. The maximum atomic E-state index is 10.6. The van der Waals surface area contributed by atoms with Crippen LogP contribution in [0.5, 0.6) is 0 Å². The summed E-state index contributed by atoms with van der Waals surface area (Å²) >= 11 is -1.91. The number of hydrogen-bond donors (Lipinski definition) is 1. The van der Waals surface area contributed by atoms with Crippen molar-refractivity contribution in [2.45, 2.75) is 4.90 Å². The topological polar surface area (TPSA) is 37.3 Å². The summed E-state index contributed by atoms with van der Waals surface area (Å²) in [6, 6.07) is 6.87. The third-order valence-electron chi connectivity index (χ3n) is 1.33. The molecule has 12 heavy (non-hydrogen) atoms. The Labute approximate surface area is 96.3 Å². The zero-order valence-electron chi connectivity index (χ0n) is 5.86. The van der Waals surface area contributed by atoms with Crippen molar-refractivity contribution >= 4 is 46.7 Å². The zero-order chi connectivity index (χ0) is 8.27. The molecule has 0 aromatic heterocycles. The summed E-state index contributed by atoms with van der Waals surface area (Å²) in [7, 11) is 0. The van der Waals surface area contributed by atoms with Crippen molar-refractivity contribution in [3.8, 4) is 0 Å². The van der Waals surface area contributed by atoms with Gasteiger partial charge in [-0.1, -0.05) is 30.9 Å². The molecule has 0 radical (unpaired) electrons. The van der Waals surface area contributed by atoms with Gasteiger partial charge in [0.2, 0.25) is 0 Å². The molecule has 0 aliphatic rings. The molecule has 0 saturated carbocycles. The van der Waals surface area contributed by atoms with E-state index in [1.54, 1.807) is 30.3 Å². The van der Waals surface area contributed by atoms with Crippen LogP contribution in [0, 0.1) is 0 Å². The Kier molecular flexibility index (Phi) is 5.70. The van der Waals surface area contributed by atoms with Crippen molar-refractivity contribution in [1.29, 1.82) is 0 Å². The van der Waals surface area contributed by atoms with Crippen LogP contribution in [0.1, 0.15) is 5.56 Å². The van der Waals surface area contributed by atoms with E-state index in [1.807, 2.05) is 0 Å². The molecule has 0 spiro atoms. The minimum atomic E-state index is -1.91. The summed E-state index contributed by atoms with van der Waals surface area (Å²) in [5, 5.41) is 0. The van der Waals surface area contributed by atoms with E-state index in [0.29, 0.717) is 10.5 Å². The van der Waals surface area contributed by atoms with Gasteiger partial charge in [0.1, 0.15) is 0 Å². The summed E-state index contributed by atoms with van der Waals surface area (Å²) in [5.74, 6) is 0. The van der Waals surface area contributed by atoms with Crippen LogP contribution in [0.25, 0.3) is 6.08 Å². The molecule has 1 unspecified atom stereocenters. The van der Waals surface area contributed by atoms with Gasteiger partial charge in [-0.25, -0.2) is 4.21 Å².